The third-order valence-corrected chi connectivity index (χ3v) is 6.40. The van der Waals surface area contributed by atoms with Crippen molar-refractivity contribution in [2.45, 2.75) is 49.9 Å². The lowest BCUT2D eigenvalue weighted by Crippen LogP contribution is -2.47. The molecular weight excluding hydrogens is 416 g/mol. The zero-order valence-corrected chi connectivity index (χ0v) is 18.4. The Labute approximate surface area is 187 Å². The fourth-order valence-corrected chi connectivity index (χ4v) is 4.74. The number of aliphatic hydroxyl groups excluding tert-OH is 1. The molecule has 32 heavy (non-hydrogen) atoms. The summed E-state index contributed by atoms with van der Waals surface area (Å²) in [7, 11) is 1.58. The minimum atomic E-state index is -0.516. The van der Waals surface area contributed by atoms with Crippen LogP contribution in [0.3, 0.4) is 0 Å². The van der Waals surface area contributed by atoms with Gasteiger partial charge in [-0.25, -0.2) is 0 Å². The molecule has 0 unspecified atom stereocenters. The van der Waals surface area contributed by atoms with Gasteiger partial charge in [0.2, 0.25) is 11.8 Å². The molecule has 0 aliphatic carbocycles. The standard InChI is InChI=1S/C23H32N2O7/c1-29-9-6-24-21(27)12-16-11-18-17-10-15(25-23(28)14-4-7-30-8-5-14)2-3-19(17)32-22(18)20(13-26)31-16/h2-3,10,14,16,18,20,22,26H,4-9,11-13H2,1H3,(H,24,27)(H,25,28)/t16-,18-,20+,22+/m0/s1. The molecule has 2 fully saturated rings. The molecule has 0 spiro atoms. The molecule has 1 aromatic rings. The lowest BCUT2D eigenvalue weighted by Gasteiger charge is -2.37. The second kappa shape index (κ2) is 10.6. The summed E-state index contributed by atoms with van der Waals surface area (Å²) in [5, 5.41) is 15.7. The lowest BCUT2D eigenvalue weighted by molar-refractivity contribution is -0.142. The highest BCUT2D eigenvalue weighted by molar-refractivity contribution is 5.92. The first-order valence-corrected chi connectivity index (χ1v) is 11.3. The average Bonchev–Trinajstić information content (AvgIpc) is 3.17. The van der Waals surface area contributed by atoms with E-state index in [2.05, 4.69) is 10.6 Å². The van der Waals surface area contributed by atoms with Gasteiger partial charge in [0.15, 0.2) is 0 Å². The van der Waals surface area contributed by atoms with Gasteiger partial charge in [0.25, 0.3) is 0 Å². The lowest BCUT2D eigenvalue weighted by atomic mass is 9.84. The van der Waals surface area contributed by atoms with Crippen LogP contribution in [0, 0.1) is 5.92 Å². The van der Waals surface area contributed by atoms with E-state index in [9.17, 15) is 14.7 Å². The Balaban J connectivity index is 1.43. The number of ether oxygens (including phenoxy) is 4. The quantitative estimate of drug-likeness (QED) is 0.512. The minimum absolute atomic E-state index is 0.00883. The van der Waals surface area contributed by atoms with Crippen LogP contribution in [0.5, 0.6) is 5.75 Å². The predicted octanol–water partition coefficient (Wildman–Crippen LogP) is 1.20. The van der Waals surface area contributed by atoms with Crippen LogP contribution in [0.4, 0.5) is 5.69 Å². The molecule has 0 bridgehead atoms. The van der Waals surface area contributed by atoms with E-state index in [1.54, 1.807) is 7.11 Å². The molecule has 2 amide bonds. The van der Waals surface area contributed by atoms with Gasteiger partial charge in [-0.3, -0.25) is 9.59 Å². The minimum Gasteiger partial charge on any atom is -0.487 e. The monoisotopic (exact) mass is 448 g/mol. The maximum absolute atomic E-state index is 12.6. The molecule has 2 saturated heterocycles. The van der Waals surface area contributed by atoms with Crippen molar-refractivity contribution >= 4 is 17.5 Å². The Hall–Kier alpha value is -2.20. The summed E-state index contributed by atoms with van der Waals surface area (Å²) in [6.07, 6.45) is 1.11. The van der Waals surface area contributed by atoms with Crippen LogP contribution in [-0.2, 0) is 23.8 Å². The van der Waals surface area contributed by atoms with Gasteiger partial charge in [-0.2, -0.15) is 0 Å². The number of anilines is 1. The third-order valence-electron chi connectivity index (χ3n) is 6.40. The fraction of sp³-hybridized carbons (Fsp3) is 0.652. The molecule has 9 heteroatoms. The molecule has 4 atom stereocenters. The Morgan fingerprint density at radius 1 is 1.25 bits per heavy atom. The Morgan fingerprint density at radius 3 is 2.81 bits per heavy atom. The smallest absolute Gasteiger partial charge is 0.227 e. The van der Waals surface area contributed by atoms with Gasteiger partial charge in [0.1, 0.15) is 18.0 Å². The number of methoxy groups -OCH3 is 1. The van der Waals surface area contributed by atoms with E-state index in [4.69, 9.17) is 18.9 Å². The van der Waals surface area contributed by atoms with Crippen molar-refractivity contribution in [3.63, 3.8) is 0 Å². The Kier molecular flexibility index (Phi) is 7.62. The second-order valence-corrected chi connectivity index (χ2v) is 8.58. The molecule has 4 rings (SSSR count). The van der Waals surface area contributed by atoms with E-state index in [0.717, 1.165) is 29.8 Å². The molecule has 176 valence electrons. The van der Waals surface area contributed by atoms with Gasteiger partial charge in [-0.05, 0) is 37.5 Å². The highest BCUT2D eigenvalue weighted by Gasteiger charge is 2.46. The molecule has 0 saturated carbocycles. The van der Waals surface area contributed by atoms with E-state index in [1.807, 2.05) is 18.2 Å². The number of aliphatic hydroxyl groups is 1. The van der Waals surface area contributed by atoms with Crippen molar-refractivity contribution in [1.82, 2.24) is 5.32 Å². The van der Waals surface area contributed by atoms with Gasteiger partial charge in [0, 0.05) is 50.0 Å². The van der Waals surface area contributed by atoms with Crippen molar-refractivity contribution in [2.75, 3.05) is 45.4 Å². The predicted molar refractivity (Wildman–Crippen MR) is 116 cm³/mol. The normalized spacial score (nSPS) is 27.2. The second-order valence-electron chi connectivity index (χ2n) is 8.58. The van der Waals surface area contributed by atoms with Gasteiger partial charge >= 0.3 is 0 Å². The summed E-state index contributed by atoms with van der Waals surface area (Å²) in [5.74, 6) is 0.570. The number of rotatable bonds is 8. The number of amides is 2. The molecule has 3 aliphatic rings. The molecular formula is C23H32N2O7. The maximum atomic E-state index is 12.6. The van der Waals surface area contributed by atoms with E-state index in [0.29, 0.717) is 32.8 Å². The number of carbonyl (C=O) groups excluding carboxylic acids is 2. The van der Waals surface area contributed by atoms with E-state index in [1.165, 1.54) is 0 Å². The first-order valence-electron chi connectivity index (χ1n) is 11.3. The first-order chi connectivity index (χ1) is 15.6. The molecule has 3 N–H and O–H groups in total. The summed E-state index contributed by atoms with van der Waals surface area (Å²) in [6, 6.07) is 5.64. The highest BCUT2D eigenvalue weighted by atomic mass is 16.6. The Morgan fingerprint density at radius 2 is 2.06 bits per heavy atom. The number of fused-ring (bicyclic) bond motifs is 3. The molecule has 3 heterocycles. The van der Waals surface area contributed by atoms with Crippen LogP contribution in [-0.4, -0.2) is 75.3 Å². The van der Waals surface area contributed by atoms with Crippen LogP contribution >= 0.6 is 0 Å². The number of benzene rings is 1. The molecule has 1 aromatic carbocycles. The van der Waals surface area contributed by atoms with Crippen LogP contribution in [0.1, 0.15) is 37.2 Å². The zero-order chi connectivity index (χ0) is 22.5. The molecule has 0 radical (unpaired) electrons. The maximum Gasteiger partial charge on any atom is 0.227 e. The SMILES string of the molecule is COCCNC(=O)C[C@@H]1C[C@H]2c3cc(NC(=O)C4CCOCC4)ccc3O[C@H]2[C@@H](CO)O1. The Bertz CT molecular complexity index is 812. The summed E-state index contributed by atoms with van der Waals surface area (Å²) < 4.78 is 22.4. The zero-order valence-electron chi connectivity index (χ0n) is 18.4. The number of nitrogens with one attached hydrogen (secondary N) is 2. The average molecular weight is 449 g/mol. The fourth-order valence-electron chi connectivity index (χ4n) is 4.74. The van der Waals surface area contributed by atoms with Crippen molar-refractivity contribution in [2.24, 2.45) is 5.92 Å². The number of carbonyl (C=O) groups is 2. The van der Waals surface area contributed by atoms with Crippen molar-refractivity contribution in [3.8, 4) is 5.75 Å². The first kappa shape index (κ1) is 23.0. The van der Waals surface area contributed by atoms with Crippen molar-refractivity contribution in [3.05, 3.63) is 23.8 Å². The van der Waals surface area contributed by atoms with Gasteiger partial charge < -0.3 is 34.7 Å². The molecule has 0 aromatic heterocycles. The summed E-state index contributed by atoms with van der Waals surface area (Å²) >= 11 is 0. The molecule has 9 nitrogen and oxygen atoms in total. The van der Waals surface area contributed by atoms with Gasteiger partial charge in [-0.1, -0.05) is 0 Å². The van der Waals surface area contributed by atoms with E-state index < -0.39 is 6.10 Å². The topological polar surface area (TPSA) is 115 Å². The summed E-state index contributed by atoms with van der Waals surface area (Å²) in [6.45, 7) is 1.93. The van der Waals surface area contributed by atoms with Crippen LogP contribution in [0.25, 0.3) is 0 Å². The number of hydrogen-bond acceptors (Lipinski definition) is 7. The largest absolute Gasteiger partial charge is 0.487 e. The van der Waals surface area contributed by atoms with E-state index >= 15 is 0 Å². The summed E-state index contributed by atoms with van der Waals surface area (Å²) in [4.78, 5) is 24.9. The summed E-state index contributed by atoms with van der Waals surface area (Å²) in [5.41, 5.74) is 1.71. The van der Waals surface area contributed by atoms with Crippen LogP contribution < -0.4 is 15.4 Å². The third kappa shape index (κ3) is 5.23. The van der Waals surface area contributed by atoms with Crippen molar-refractivity contribution in [1.29, 1.82) is 0 Å². The highest BCUT2D eigenvalue weighted by Crippen LogP contribution is 2.47. The number of hydrogen-bond donors (Lipinski definition) is 3. The van der Waals surface area contributed by atoms with E-state index in [-0.39, 0.29) is 48.9 Å². The van der Waals surface area contributed by atoms with Crippen LogP contribution in [0.15, 0.2) is 18.2 Å². The molecule has 3 aliphatic heterocycles. The van der Waals surface area contributed by atoms with Gasteiger partial charge in [-0.15, -0.1) is 0 Å². The van der Waals surface area contributed by atoms with Gasteiger partial charge in [0.05, 0.1) is 25.7 Å². The van der Waals surface area contributed by atoms with Crippen molar-refractivity contribution < 1.29 is 33.6 Å². The van der Waals surface area contributed by atoms with Crippen LogP contribution in [0.2, 0.25) is 0 Å².